The molecule has 0 radical (unpaired) electrons. The molecule has 1 aromatic heterocycles. The van der Waals surface area contributed by atoms with Gasteiger partial charge in [-0.2, -0.15) is 0 Å². The quantitative estimate of drug-likeness (QED) is 0.114. The molecule has 0 spiro atoms. The topological polar surface area (TPSA) is 41.4 Å². The van der Waals surface area contributed by atoms with Crippen molar-refractivity contribution in [1.82, 2.24) is 19.4 Å². The number of thioether (sulfide) groups is 1. The Morgan fingerprint density at radius 2 is 1.25 bits per heavy atom. The van der Waals surface area contributed by atoms with E-state index in [-0.39, 0.29) is 11.9 Å². The summed E-state index contributed by atoms with van der Waals surface area (Å²) in [5.74, 6) is 1.12. The van der Waals surface area contributed by atoms with Gasteiger partial charge in [-0.15, -0.1) is 0 Å². The van der Waals surface area contributed by atoms with Crippen molar-refractivity contribution in [3.63, 3.8) is 0 Å². The van der Waals surface area contributed by atoms with Crippen LogP contribution in [-0.4, -0.2) is 57.2 Å². The largest absolute Gasteiger partial charge is 0.340 e. The Morgan fingerprint density at radius 1 is 0.727 bits per heavy atom. The number of carbonyl (C=O) groups excluding carboxylic acids is 1. The molecule has 0 N–H and O–H groups in total. The van der Waals surface area contributed by atoms with Crippen LogP contribution in [-0.2, 0) is 11.3 Å². The van der Waals surface area contributed by atoms with Crippen LogP contribution >= 0.6 is 11.8 Å². The van der Waals surface area contributed by atoms with Gasteiger partial charge in [0.1, 0.15) is 0 Å². The van der Waals surface area contributed by atoms with E-state index in [1.165, 1.54) is 16.7 Å². The van der Waals surface area contributed by atoms with Crippen molar-refractivity contribution in [3.05, 3.63) is 132 Å². The summed E-state index contributed by atoms with van der Waals surface area (Å²) in [5.41, 5.74) is 7.05. The van der Waals surface area contributed by atoms with Gasteiger partial charge < -0.3 is 9.47 Å². The van der Waals surface area contributed by atoms with Gasteiger partial charge in [-0.1, -0.05) is 133 Å². The van der Waals surface area contributed by atoms with Gasteiger partial charge in [-0.3, -0.25) is 9.69 Å². The van der Waals surface area contributed by atoms with Gasteiger partial charge in [0.15, 0.2) is 5.16 Å². The maximum Gasteiger partial charge on any atom is 0.222 e. The molecule has 44 heavy (non-hydrogen) atoms. The Kier molecular flexibility index (Phi) is 9.90. The van der Waals surface area contributed by atoms with E-state index in [9.17, 15) is 4.79 Å². The Labute approximate surface area is 265 Å². The SMILES string of the molecule is CCn1c(SCCCC(=O)N2CCN(C(c3ccccc3)c3ccccc3)CC2)nc(-c2ccccc2)c1-c1ccccc1. The molecule has 1 aliphatic rings. The lowest BCUT2D eigenvalue weighted by molar-refractivity contribution is -0.133. The van der Waals surface area contributed by atoms with Crippen LogP contribution in [0.5, 0.6) is 0 Å². The van der Waals surface area contributed by atoms with E-state index in [1.54, 1.807) is 11.8 Å². The Balaban J connectivity index is 1.07. The van der Waals surface area contributed by atoms with Crippen molar-refractivity contribution >= 4 is 17.7 Å². The third kappa shape index (κ3) is 6.82. The van der Waals surface area contributed by atoms with Crippen molar-refractivity contribution < 1.29 is 4.79 Å². The third-order valence-electron chi connectivity index (χ3n) is 8.37. The lowest BCUT2D eigenvalue weighted by Crippen LogP contribution is -2.49. The predicted molar refractivity (Wildman–Crippen MR) is 182 cm³/mol. The van der Waals surface area contributed by atoms with Crippen LogP contribution in [0.4, 0.5) is 0 Å². The fourth-order valence-electron chi connectivity index (χ4n) is 6.18. The monoisotopic (exact) mass is 600 g/mol. The first kappa shape index (κ1) is 29.9. The van der Waals surface area contributed by atoms with E-state index >= 15 is 0 Å². The van der Waals surface area contributed by atoms with Crippen LogP contribution in [0.1, 0.15) is 36.9 Å². The average Bonchev–Trinajstić information content (AvgIpc) is 3.47. The first-order valence-corrected chi connectivity index (χ1v) is 16.7. The van der Waals surface area contributed by atoms with Crippen molar-refractivity contribution in [2.75, 3.05) is 31.9 Å². The average molecular weight is 601 g/mol. The highest BCUT2D eigenvalue weighted by Crippen LogP contribution is 2.36. The number of nitrogens with zero attached hydrogens (tertiary/aromatic N) is 4. The molecule has 1 fully saturated rings. The summed E-state index contributed by atoms with van der Waals surface area (Å²) in [6.45, 7) is 6.28. The first-order chi connectivity index (χ1) is 21.7. The molecule has 5 nitrogen and oxygen atoms in total. The minimum Gasteiger partial charge on any atom is -0.340 e. The molecular formula is C38H40N4OS. The molecule has 1 aliphatic heterocycles. The molecule has 2 heterocycles. The maximum absolute atomic E-state index is 13.3. The third-order valence-corrected chi connectivity index (χ3v) is 9.43. The number of carbonyl (C=O) groups is 1. The number of benzene rings is 4. The van der Waals surface area contributed by atoms with E-state index in [2.05, 4.69) is 137 Å². The molecule has 0 bridgehead atoms. The Bertz CT molecular complexity index is 1580. The second kappa shape index (κ2) is 14.6. The summed E-state index contributed by atoms with van der Waals surface area (Å²) in [6.07, 6.45) is 1.40. The van der Waals surface area contributed by atoms with Crippen molar-refractivity contribution in [2.45, 2.75) is 37.5 Å². The Hall–Kier alpha value is -4.13. The van der Waals surface area contributed by atoms with Gasteiger partial charge in [-0.05, 0) is 24.5 Å². The molecule has 1 saturated heterocycles. The van der Waals surface area contributed by atoms with E-state index in [1.807, 2.05) is 6.07 Å². The molecule has 4 aromatic carbocycles. The van der Waals surface area contributed by atoms with Crippen molar-refractivity contribution in [3.8, 4) is 22.5 Å². The summed E-state index contributed by atoms with van der Waals surface area (Å²) in [5, 5.41) is 1.01. The second-order valence-corrected chi connectivity index (χ2v) is 12.2. The van der Waals surface area contributed by atoms with Gasteiger partial charge >= 0.3 is 0 Å². The number of piperazine rings is 1. The van der Waals surface area contributed by atoms with Gasteiger partial charge in [0.2, 0.25) is 5.91 Å². The minimum atomic E-state index is 0.204. The summed E-state index contributed by atoms with van der Waals surface area (Å²) >= 11 is 1.76. The molecule has 0 saturated carbocycles. The number of hydrogen-bond acceptors (Lipinski definition) is 4. The van der Waals surface area contributed by atoms with Gasteiger partial charge in [0, 0.05) is 56.0 Å². The highest BCUT2D eigenvalue weighted by molar-refractivity contribution is 7.99. The molecule has 0 aliphatic carbocycles. The first-order valence-electron chi connectivity index (χ1n) is 15.7. The molecule has 0 atom stereocenters. The smallest absolute Gasteiger partial charge is 0.222 e. The zero-order valence-corrected chi connectivity index (χ0v) is 26.2. The lowest BCUT2D eigenvalue weighted by Gasteiger charge is -2.40. The minimum absolute atomic E-state index is 0.204. The van der Waals surface area contributed by atoms with Crippen LogP contribution < -0.4 is 0 Å². The fraction of sp³-hybridized carbons (Fsp3) is 0.263. The zero-order valence-electron chi connectivity index (χ0n) is 25.4. The van der Waals surface area contributed by atoms with Crippen LogP contribution in [0.3, 0.4) is 0 Å². The number of rotatable bonds is 11. The maximum atomic E-state index is 13.3. The van der Waals surface area contributed by atoms with Gasteiger partial charge in [-0.25, -0.2) is 4.98 Å². The highest BCUT2D eigenvalue weighted by atomic mass is 32.2. The van der Waals surface area contributed by atoms with Crippen LogP contribution in [0.25, 0.3) is 22.5 Å². The molecule has 6 rings (SSSR count). The fourth-order valence-corrected chi connectivity index (χ4v) is 7.18. The molecular weight excluding hydrogens is 561 g/mol. The summed E-state index contributed by atoms with van der Waals surface area (Å²) < 4.78 is 2.32. The zero-order chi connectivity index (χ0) is 30.1. The van der Waals surface area contributed by atoms with Crippen molar-refractivity contribution in [2.24, 2.45) is 0 Å². The molecule has 224 valence electrons. The highest BCUT2D eigenvalue weighted by Gasteiger charge is 2.28. The van der Waals surface area contributed by atoms with Crippen LogP contribution in [0.2, 0.25) is 0 Å². The summed E-state index contributed by atoms with van der Waals surface area (Å²) in [4.78, 5) is 23.0. The molecule has 5 aromatic rings. The number of aromatic nitrogens is 2. The molecule has 1 amide bonds. The predicted octanol–water partition coefficient (Wildman–Crippen LogP) is 8.04. The van der Waals surface area contributed by atoms with Crippen molar-refractivity contribution in [1.29, 1.82) is 0 Å². The number of amides is 1. The van der Waals surface area contributed by atoms with E-state index < -0.39 is 0 Å². The van der Waals surface area contributed by atoms with E-state index in [0.717, 1.165) is 67.0 Å². The number of hydrogen-bond donors (Lipinski definition) is 0. The molecule has 6 heteroatoms. The lowest BCUT2D eigenvalue weighted by atomic mass is 9.96. The van der Waals surface area contributed by atoms with E-state index in [0.29, 0.717) is 6.42 Å². The molecule has 0 unspecified atom stereocenters. The standard InChI is InChI=1S/C38H40N4OS/c1-2-42-37(33-22-13-6-14-23-33)35(30-16-7-3-8-17-30)39-38(42)44-29-15-24-34(43)40-25-27-41(28-26-40)36(31-18-9-4-10-19-31)32-20-11-5-12-21-32/h3-14,16-23,36H,2,15,24-29H2,1H3. The summed E-state index contributed by atoms with van der Waals surface area (Å²) in [7, 11) is 0. The summed E-state index contributed by atoms with van der Waals surface area (Å²) in [6, 6.07) is 42.6. The second-order valence-electron chi connectivity index (χ2n) is 11.2. The van der Waals surface area contributed by atoms with Gasteiger partial charge in [0.05, 0.1) is 17.4 Å². The normalized spacial score (nSPS) is 13.8. The Morgan fingerprint density at radius 3 is 1.80 bits per heavy atom. The van der Waals surface area contributed by atoms with Gasteiger partial charge in [0.25, 0.3) is 0 Å². The van der Waals surface area contributed by atoms with Crippen LogP contribution in [0, 0.1) is 0 Å². The number of imidazole rings is 1. The van der Waals surface area contributed by atoms with Crippen LogP contribution in [0.15, 0.2) is 126 Å². The van der Waals surface area contributed by atoms with E-state index in [4.69, 9.17) is 4.98 Å².